The third-order valence-electron chi connectivity index (χ3n) is 5.60. The van der Waals surface area contributed by atoms with Crippen LogP contribution in [0.25, 0.3) is 5.57 Å². The van der Waals surface area contributed by atoms with Gasteiger partial charge in [0, 0.05) is 18.1 Å². The summed E-state index contributed by atoms with van der Waals surface area (Å²) in [5.41, 5.74) is 5.24. The number of hydrogen-bond acceptors (Lipinski definition) is 4. The fraction of sp³-hybridized carbons (Fsp3) is 0.304. The first-order chi connectivity index (χ1) is 13.9. The summed E-state index contributed by atoms with van der Waals surface area (Å²) in [6.45, 7) is 8.13. The molecule has 5 nitrogen and oxygen atoms in total. The second kappa shape index (κ2) is 7.65. The number of carbonyl (C=O) groups excluding carboxylic acids is 2. The molecule has 0 unspecified atom stereocenters. The number of halogens is 1. The van der Waals surface area contributed by atoms with Crippen molar-refractivity contribution in [3.05, 3.63) is 69.4 Å². The summed E-state index contributed by atoms with van der Waals surface area (Å²) in [7, 11) is 0. The summed E-state index contributed by atoms with van der Waals surface area (Å²) in [4.78, 5) is 30.2. The fourth-order valence-electron chi connectivity index (χ4n) is 3.71. The second-order valence-electron chi connectivity index (χ2n) is 7.50. The van der Waals surface area contributed by atoms with E-state index in [0.29, 0.717) is 48.3 Å². The average molecular weight is 411 g/mol. The third kappa shape index (κ3) is 3.45. The normalized spacial score (nSPS) is 17.5. The van der Waals surface area contributed by atoms with Crippen molar-refractivity contribution in [1.29, 1.82) is 0 Å². The number of hydrogen-bond donors (Lipinski definition) is 0. The largest absolute Gasteiger partial charge is 0.378 e. The molecule has 29 heavy (non-hydrogen) atoms. The van der Waals surface area contributed by atoms with Gasteiger partial charge in [0.2, 0.25) is 0 Å². The van der Waals surface area contributed by atoms with E-state index in [2.05, 4.69) is 0 Å². The minimum atomic E-state index is -0.320. The van der Waals surface area contributed by atoms with E-state index in [0.717, 1.165) is 22.3 Å². The molecule has 0 radical (unpaired) electrons. The van der Waals surface area contributed by atoms with Gasteiger partial charge in [0.1, 0.15) is 5.70 Å². The van der Waals surface area contributed by atoms with Gasteiger partial charge in [-0.15, -0.1) is 0 Å². The lowest BCUT2D eigenvalue weighted by Gasteiger charge is -2.29. The molecule has 150 valence electrons. The van der Waals surface area contributed by atoms with Crippen molar-refractivity contribution in [3.63, 3.8) is 0 Å². The van der Waals surface area contributed by atoms with Crippen LogP contribution in [0.2, 0.25) is 5.02 Å². The van der Waals surface area contributed by atoms with Crippen LogP contribution in [-0.2, 0) is 14.3 Å². The van der Waals surface area contributed by atoms with Crippen molar-refractivity contribution in [3.8, 4) is 0 Å². The standard InChI is InChI=1S/C23H23ClN2O3/c1-14-4-6-17(12-16(14)3)20-21(25-8-10-29-11-9-25)23(28)26(22(20)27)18-7-5-15(2)19(24)13-18/h4-7,12-13H,8-11H2,1-3H3. The molecule has 2 heterocycles. The molecule has 6 heteroatoms. The quantitative estimate of drug-likeness (QED) is 0.720. The van der Waals surface area contributed by atoms with Gasteiger partial charge in [0.05, 0.1) is 24.5 Å². The van der Waals surface area contributed by atoms with Gasteiger partial charge in [-0.2, -0.15) is 0 Å². The zero-order chi connectivity index (χ0) is 20.7. The average Bonchev–Trinajstić information content (AvgIpc) is 2.97. The van der Waals surface area contributed by atoms with Gasteiger partial charge in [-0.3, -0.25) is 9.59 Å². The molecule has 0 saturated carbocycles. The van der Waals surface area contributed by atoms with E-state index in [1.54, 1.807) is 12.1 Å². The maximum atomic E-state index is 13.5. The molecule has 2 aliphatic heterocycles. The van der Waals surface area contributed by atoms with Crippen molar-refractivity contribution in [2.45, 2.75) is 20.8 Å². The number of imide groups is 1. The van der Waals surface area contributed by atoms with Crippen molar-refractivity contribution in [1.82, 2.24) is 4.90 Å². The van der Waals surface area contributed by atoms with Gasteiger partial charge < -0.3 is 9.64 Å². The zero-order valence-corrected chi connectivity index (χ0v) is 17.5. The fourth-order valence-corrected chi connectivity index (χ4v) is 3.89. The first-order valence-electron chi connectivity index (χ1n) is 9.68. The molecular formula is C23H23ClN2O3. The Hall–Kier alpha value is -2.63. The molecular weight excluding hydrogens is 388 g/mol. The van der Waals surface area contributed by atoms with Crippen LogP contribution in [0.3, 0.4) is 0 Å². The molecule has 0 aliphatic carbocycles. The highest BCUT2D eigenvalue weighted by Crippen LogP contribution is 2.36. The summed E-state index contributed by atoms with van der Waals surface area (Å²) in [5, 5.41) is 0.524. The van der Waals surface area contributed by atoms with E-state index in [1.165, 1.54) is 4.90 Å². The van der Waals surface area contributed by atoms with Crippen molar-refractivity contribution >= 4 is 34.7 Å². The van der Waals surface area contributed by atoms with Crippen molar-refractivity contribution < 1.29 is 14.3 Å². The Labute approximate surface area is 175 Å². The zero-order valence-electron chi connectivity index (χ0n) is 16.8. The highest BCUT2D eigenvalue weighted by molar-refractivity contribution is 6.45. The smallest absolute Gasteiger partial charge is 0.282 e. The predicted molar refractivity (Wildman–Crippen MR) is 114 cm³/mol. The molecule has 0 N–H and O–H groups in total. The summed E-state index contributed by atoms with van der Waals surface area (Å²) in [5.74, 6) is -0.635. The van der Waals surface area contributed by atoms with Crippen LogP contribution in [0.4, 0.5) is 5.69 Å². The molecule has 2 aromatic carbocycles. The van der Waals surface area contributed by atoms with E-state index < -0.39 is 0 Å². The first-order valence-corrected chi connectivity index (χ1v) is 10.1. The maximum absolute atomic E-state index is 13.5. The Kier molecular flexibility index (Phi) is 5.19. The lowest BCUT2D eigenvalue weighted by Crippen LogP contribution is -2.40. The van der Waals surface area contributed by atoms with Crippen LogP contribution in [0.5, 0.6) is 0 Å². The van der Waals surface area contributed by atoms with Crippen LogP contribution in [-0.4, -0.2) is 43.0 Å². The number of carbonyl (C=O) groups is 2. The lowest BCUT2D eigenvalue weighted by atomic mass is 9.99. The summed E-state index contributed by atoms with van der Waals surface area (Å²) >= 11 is 6.27. The number of anilines is 1. The molecule has 1 fully saturated rings. The molecule has 1 saturated heterocycles. The minimum Gasteiger partial charge on any atom is -0.378 e. The van der Waals surface area contributed by atoms with Gasteiger partial charge >= 0.3 is 0 Å². The molecule has 0 aromatic heterocycles. The molecule has 0 atom stereocenters. The van der Waals surface area contributed by atoms with Gasteiger partial charge in [-0.25, -0.2) is 4.90 Å². The summed E-state index contributed by atoms with van der Waals surface area (Å²) in [6, 6.07) is 11.1. The van der Waals surface area contributed by atoms with Crippen LogP contribution >= 0.6 is 11.6 Å². The monoisotopic (exact) mass is 410 g/mol. The van der Waals surface area contributed by atoms with E-state index in [4.69, 9.17) is 16.3 Å². The number of benzene rings is 2. The van der Waals surface area contributed by atoms with E-state index >= 15 is 0 Å². The number of morpholine rings is 1. The van der Waals surface area contributed by atoms with Crippen molar-refractivity contribution in [2.75, 3.05) is 31.2 Å². The number of aryl methyl sites for hydroxylation is 3. The number of nitrogens with zero attached hydrogens (tertiary/aromatic N) is 2. The molecule has 0 bridgehead atoms. The Bertz CT molecular complexity index is 1040. The molecule has 2 amide bonds. The molecule has 2 aliphatic rings. The van der Waals surface area contributed by atoms with E-state index in [-0.39, 0.29) is 11.8 Å². The van der Waals surface area contributed by atoms with Gasteiger partial charge in [0.15, 0.2) is 0 Å². The third-order valence-corrected chi connectivity index (χ3v) is 6.00. The van der Waals surface area contributed by atoms with Crippen LogP contribution in [0.1, 0.15) is 22.3 Å². The van der Waals surface area contributed by atoms with Crippen LogP contribution < -0.4 is 4.90 Å². The van der Waals surface area contributed by atoms with E-state index in [9.17, 15) is 9.59 Å². The molecule has 0 spiro atoms. The maximum Gasteiger partial charge on any atom is 0.282 e. The number of rotatable bonds is 3. The van der Waals surface area contributed by atoms with Crippen molar-refractivity contribution in [2.24, 2.45) is 0 Å². The summed E-state index contributed by atoms with van der Waals surface area (Å²) < 4.78 is 5.45. The Morgan fingerprint density at radius 3 is 2.21 bits per heavy atom. The van der Waals surface area contributed by atoms with Crippen LogP contribution in [0.15, 0.2) is 42.1 Å². The highest BCUT2D eigenvalue weighted by atomic mass is 35.5. The SMILES string of the molecule is Cc1ccc(C2=C(N3CCOCC3)C(=O)N(c3ccc(C)c(Cl)c3)C2=O)cc1C. The van der Waals surface area contributed by atoms with E-state index in [1.807, 2.05) is 49.9 Å². The first kappa shape index (κ1) is 19.7. The predicted octanol–water partition coefficient (Wildman–Crippen LogP) is 3.88. The Balaban J connectivity index is 1.85. The topological polar surface area (TPSA) is 49.9 Å². The van der Waals surface area contributed by atoms with Gasteiger partial charge in [-0.05, 0) is 55.2 Å². The Morgan fingerprint density at radius 1 is 0.862 bits per heavy atom. The minimum absolute atomic E-state index is 0.315. The second-order valence-corrected chi connectivity index (χ2v) is 7.91. The molecule has 4 rings (SSSR count). The highest BCUT2D eigenvalue weighted by Gasteiger charge is 2.42. The number of amides is 2. The lowest BCUT2D eigenvalue weighted by molar-refractivity contribution is -0.121. The summed E-state index contributed by atoms with van der Waals surface area (Å²) in [6.07, 6.45) is 0. The van der Waals surface area contributed by atoms with Gasteiger partial charge in [-0.1, -0.05) is 35.9 Å². The number of ether oxygens (including phenoxy) is 1. The van der Waals surface area contributed by atoms with Gasteiger partial charge in [0.25, 0.3) is 11.8 Å². The molecule has 2 aromatic rings. The Morgan fingerprint density at radius 2 is 1.55 bits per heavy atom. The van der Waals surface area contributed by atoms with Crippen LogP contribution in [0, 0.1) is 20.8 Å².